The summed E-state index contributed by atoms with van der Waals surface area (Å²) in [5.41, 5.74) is 6.17. The molecule has 5 N–H and O–H groups in total. The number of hydrogen-bond donors (Lipinski definition) is 4. The van der Waals surface area contributed by atoms with Crippen molar-refractivity contribution in [2.24, 2.45) is 5.73 Å². The zero-order valence-corrected chi connectivity index (χ0v) is 17.4. The Balaban J connectivity index is 1.78. The first-order valence-electron chi connectivity index (χ1n) is 10.5. The maximum Gasteiger partial charge on any atom is 0.246 e. The molecule has 2 aliphatic rings. The van der Waals surface area contributed by atoms with Gasteiger partial charge in [-0.05, 0) is 25.7 Å². The minimum absolute atomic E-state index is 0.173. The van der Waals surface area contributed by atoms with Crippen molar-refractivity contribution in [2.45, 2.75) is 76.4 Å². The number of aromatic amines is 1. The number of imidazole rings is 1. The zero-order chi connectivity index (χ0) is 21.8. The van der Waals surface area contributed by atoms with Crippen LogP contribution in [0.2, 0.25) is 0 Å². The topological polar surface area (TPSA) is 150 Å². The van der Waals surface area contributed by atoms with E-state index in [4.69, 9.17) is 5.73 Å². The lowest BCUT2D eigenvalue weighted by Gasteiger charge is -2.29. The number of nitrogens with zero attached hydrogens (tertiary/aromatic N) is 2. The molecule has 3 rings (SSSR count). The fraction of sp³-hybridized carbons (Fsp3) is 0.650. The number of carbonyl (C=O) groups excluding carboxylic acids is 4. The van der Waals surface area contributed by atoms with Gasteiger partial charge in [0, 0.05) is 37.2 Å². The summed E-state index contributed by atoms with van der Waals surface area (Å²) in [6.07, 6.45) is 4.59. The maximum absolute atomic E-state index is 13.3. The Morgan fingerprint density at radius 3 is 2.70 bits per heavy atom. The van der Waals surface area contributed by atoms with Gasteiger partial charge in [-0.15, -0.1) is 0 Å². The first kappa shape index (κ1) is 21.8. The number of nitrogens with two attached hydrogens (primary N) is 1. The van der Waals surface area contributed by atoms with Gasteiger partial charge in [0.25, 0.3) is 0 Å². The van der Waals surface area contributed by atoms with Crippen molar-refractivity contribution in [1.82, 2.24) is 25.5 Å². The minimum atomic E-state index is -0.892. The highest BCUT2D eigenvalue weighted by atomic mass is 16.2. The summed E-state index contributed by atoms with van der Waals surface area (Å²) < 4.78 is 0. The molecule has 0 bridgehead atoms. The van der Waals surface area contributed by atoms with E-state index in [1.54, 1.807) is 6.20 Å². The normalized spacial score (nSPS) is 22.6. The summed E-state index contributed by atoms with van der Waals surface area (Å²) in [5, 5.41) is 5.46. The molecule has 164 valence electrons. The predicted molar refractivity (Wildman–Crippen MR) is 108 cm³/mol. The van der Waals surface area contributed by atoms with Gasteiger partial charge in [-0.3, -0.25) is 19.2 Å². The van der Waals surface area contributed by atoms with Crippen molar-refractivity contribution in [3.05, 3.63) is 17.7 Å². The van der Waals surface area contributed by atoms with Gasteiger partial charge in [0.2, 0.25) is 23.6 Å². The molecule has 3 heterocycles. The van der Waals surface area contributed by atoms with Gasteiger partial charge < -0.3 is 26.3 Å². The fourth-order valence-corrected chi connectivity index (χ4v) is 3.99. The van der Waals surface area contributed by atoms with Crippen LogP contribution >= 0.6 is 0 Å². The molecule has 0 saturated carbocycles. The van der Waals surface area contributed by atoms with E-state index in [0.29, 0.717) is 44.3 Å². The third-order valence-corrected chi connectivity index (χ3v) is 5.65. The summed E-state index contributed by atoms with van der Waals surface area (Å²) in [5.74, 6) is -0.495. The van der Waals surface area contributed by atoms with Crippen molar-refractivity contribution in [3.8, 4) is 0 Å². The summed E-state index contributed by atoms with van der Waals surface area (Å²) in [7, 11) is 0. The van der Waals surface area contributed by atoms with Crippen LogP contribution in [-0.4, -0.2) is 63.2 Å². The highest BCUT2D eigenvalue weighted by molar-refractivity contribution is 5.94. The van der Waals surface area contributed by atoms with E-state index in [0.717, 1.165) is 5.82 Å². The Kier molecular flexibility index (Phi) is 6.73. The molecule has 2 fully saturated rings. The number of aromatic nitrogens is 2. The number of hydrogen-bond acceptors (Lipinski definition) is 5. The summed E-state index contributed by atoms with van der Waals surface area (Å²) in [6.45, 7) is 4.42. The second kappa shape index (κ2) is 9.27. The smallest absolute Gasteiger partial charge is 0.246 e. The molecule has 2 saturated heterocycles. The quantitative estimate of drug-likeness (QED) is 0.480. The third-order valence-electron chi connectivity index (χ3n) is 5.65. The number of H-pyrrole nitrogens is 1. The van der Waals surface area contributed by atoms with Gasteiger partial charge in [0.15, 0.2) is 0 Å². The van der Waals surface area contributed by atoms with Crippen molar-refractivity contribution in [3.63, 3.8) is 0 Å². The Bertz CT molecular complexity index is 820. The van der Waals surface area contributed by atoms with Gasteiger partial charge in [0.1, 0.15) is 23.9 Å². The Morgan fingerprint density at radius 2 is 2.07 bits per heavy atom. The highest BCUT2D eigenvalue weighted by Crippen LogP contribution is 2.20. The lowest BCUT2D eigenvalue weighted by Crippen LogP contribution is -2.57. The second-order valence-corrected chi connectivity index (χ2v) is 8.32. The van der Waals surface area contributed by atoms with Crippen LogP contribution in [0.5, 0.6) is 0 Å². The molecule has 0 radical (unpaired) electrons. The molecular formula is C20H30N6O4. The predicted octanol–water partition coefficient (Wildman–Crippen LogP) is -0.295. The second-order valence-electron chi connectivity index (χ2n) is 8.32. The molecule has 1 aromatic rings. The standard InChI is InChI=1S/C20H30N6O4/c1-11(2)18-22-10-12(23-18)9-14(20(30)26-8-4-6-15(26)17(21)28)25-19(29)13-5-3-7-16(27)24-13/h10-11,13-15H,3-9H2,1-2H3,(H2,21,28)(H,22,23)(H,24,27)(H,25,29)/t13-,14-,15-/m0/s1. The van der Waals surface area contributed by atoms with Gasteiger partial charge >= 0.3 is 0 Å². The molecule has 0 aliphatic carbocycles. The number of rotatable bonds is 7. The summed E-state index contributed by atoms with van der Waals surface area (Å²) >= 11 is 0. The van der Waals surface area contributed by atoms with Crippen LogP contribution in [0.1, 0.15) is 63.4 Å². The Labute approximate surface area is 175 Å². The van der Waals surface area contributed by atoms with Crippen molar-refractivity contribution < 1.29 is 19.2 Å². The number of primary amides is 1. The average molecular weight is 418 g/mol. The van der Waals surface area contributed by atoms with Crippen molar-refractivity contribution in [1.29, 1.82) is 0 Å². The lowest BCUT2D eigenvalue weighted by molar-refractivity contribution is -0.141. The van der Waals surface area contributed by atoms with Gasteiger partial charge in [-0.25, -0.2) is 4.98 Å². The van der Waals surface area contributed by atoms with Gasteiger partial charge in [-0.2, -0.15) is 0 Å². The van der Waals surface area contributed by atoms with Crippen molar-refractivity contribution in [2.75, 3.05) is 6.54 Å². The average Bonchev–Trinajstić information content (AvgIpc) is 3.36. The van der Waals surface area contributed by atoms with E-state index < -0.39 is 29.9 Å². The SMILES string of the molecule is CC(C)c1ncc(C[C@H](NC(=O)[C@@H]2CCCC(=O)N2)C(=O)N2CCC[C@H]2C(N)=O)[nH]1. The fourth-order valence-electron chi connectivity index (χ4n) is 3.99. The highest BCUT2D eigenvalue weighted by Gasteiger charge is 2.38. The number of likely N-dealkylation sites (tertiary alicyclic amines) is 1. The van der Waals surface area contributed by atoms with E-state index in [1.807, 2.05) is 13.8 Å². The van der Waals surface area contributed by atoms with Gasteiger partial charge in [-0.1, -0.05) is 13.8 Å². The van der Waals surface area contributed by atoms with Crippen LogP contribution < -0.4 is 16.4 Å². The summed E-state index contributed by atoms with van der Waals surface area (Å²) in [6, 6.07) is -2.23. The number of amides is 4. The van der Waals surface area contributed by atoms with E-state index in [2.05, 4.69) is 20.6 Å². The summed E-state index contributed by atoms with van der Waals surface area (Å²) in [4.78, 5) is 58.4. The first-order chi connectivity index (χ1) is 14.3. The van der Waals surface area contributed by atoms with E-state index in [9.17, 15) is 19.2 Å². The van der Waals surface area contributed by atoms with Crippen LogP contribution in [0.4, 0.5) is 0 Å². The number of nitrogens with one attached hydrogen (secondary N) is 3. The van der Waals surface area contributed by atoms with E-state index in [1.165, 1.54) is 4.90 Å². The largest absolute Gasteiger partial charge is 0.368 e. The molecule has 1 aromatic heterocycles. The van der Waals surface area contributed by atoms with Crippen LogP contribution in [0.3, 0.4) is 0 Å². The molecule has 3 atom stereocenters. The molecule has 0 spiro atoms. The molecule has 0 aromatic carbocycles. The van der Waals surface area contributed by atoms with Crippen LogP contribution in [0.15, 0.2) is 6.20 Å². The monoisotopic (exact) mass is 418 g/mol. The lowest BCUT2D eigenvalue weighted by atomic mass is 10.0. The van der Waals surface area contributed by atoms with Gasteiger partial charge in [0.05, 0.1) is 0 Å². The van der Waals surface area contributed by atoms with Crippen LogP contribution in [-0.2, 0) is 25.6 Å². The molecule has 10 nitrogen and oxygen atoms in total. The zero-order valence-electron chi connectivity index (χ0n) is 17.4. The first-order valence-corrected chi connectivity index (χ1v) is 10.5. The Hall–Kier alpha value is -2.91. The molecular weight excluding hydrogens is 388 g/mol. The molecule has 4 amide bonds. The van der Waals surface area contributed by atoms with E-state index in [-0.39, 0.29) is 24.2 Å². The van der Waals surface area contributed by atoms with E-state index >= 15 is 0 Å². The van der Waals surface area contributed by atoms with Crippen LogP contribution in [0.25, 0.3) is 0 Å². The molecule has 0 unspecified atom stereocenters. The third kappa shape index (κ3) is 4.98. The molecule has 10 heteroatoms. The maximum atomic E-state index is 13.3. The van der Waals surface area contributed by atoms with Crippen molar-refractivity contribution >= 4 is 23.6 Å². The number of carbonyl (C=O) groups is 4. The van der Waals surface area contributed by atoms with Crippen LogP contribution in [0, 0.1) is 0 Å². The Morgan fingerprint density at radius 1 is 1.30 bits per heavy atom. The molecule has 30 heavy (non-hydrogen) atoms. The minimum Gasteiger partial charge on any atom is -0.368 e. The molecule has 2 aliphatic heterocycles. The number of piperidine rings is 1.